The van der Waals surface area contributed by atoms with Gasteiger partial charge in [0, 0.05) is 0 Å². The summed E-state index contributed by atoms with van der Waals surface area (Å²) in [5, 5.41) is 0. The van der Waals surface area contributed by atoms with Crippen LogP contribution in [-0.4, -0.2) is 0 Å². The van der Waals surface area contributed by atoms with Crippen LogP contribution < -0.4 is 0 Å². The molecule has 0 heteroatoms. The molecule has 0 saturated carbocycles. The number of hydrogen-bond donors (Lipinski definition) is 0. The molecule has 0 amide bonds. The van der Waals surface area contributed by atoms with Gasteiger partial charge in [-0.15, -0.1) is 6.58 Å². The standard InChI is InChI=1S/C16H30/c1-4-7-9-11-13-15-16(6-3)14-12-10-8-5-2/h5,15H,2,4,6-14H2,1,3H3. The first-order chi connectivity index (χ1) is 7.85. The Kier molecular flexibility index (Phi) is 12.1. The van der Waals surface area contributed by atoms with Crippen molar-refractivity contribution in [3.8, 4) is 0 Å². The zero-order valence-corrected chi connectivity index (χ0v) is 11.4. The molecule has 0 aliphatic carbocycles. The second-order valence-electron chi connectivity index (χ2n) is 4.60. The predicted octanol–water partition coefficient (Wildman–Crippen LogP) is 6.04. The molecule has 0 aromatic heterocycles. The van der Waals surface area contributed by atoms with E-state index in [0.29, 0.717) is 0 Å². The van der Waals surface area contributed by atoms with Gasteiger partial charge in [0.05, 0.1) is 0 Å². The minimum Gasteiger partial charge on any atom is -0.103 e. The van der Waals surface area contributed by atoms with Crippen LogP contribution in [-0.2, 0) is 0 Å². The summed E-state index contributed by atoms with van der Waals surface area (Å²) in [5.41, 5.74) is 1.67. The van der Waals surface area contributed by atoms with Gasteiger partial charge in [0.25, 0.3) is 0 Å². The molecule has 0 rings (SSSR count). The van der Waals surface area contributed by atoms with Gasteiger partial charge < -0.3 is 0 Å². The van der Waals surface area contributed by atoms with Crippen LogP contribution in [0.2, 0.25) is 0 Å². The Hall–Kier alpha value is -0.520. The van der Waals surface area contributed by atoms with Crippen LogP contribution in [0.3, 0.4) is 0 Å². The molecule has 0 nitrogen and oxygen atoms in total. The van der Waals surface area contributed by atoms with Crippen molar-refractivity contribution in [2.24, 2.45) is 0 Å². The maximum atomic E-state index is 3.76. The van der Waals surface area contributed by atoms with Crippen LogP contribution >= 0.6 is 0 Å². The zero-order valence-electron chi connectivity index (χ0n) is 11.4. The molecule has 0 spiro atoms. The van der Waals surface area contributed by atoms with Crippen molar-refractivity contribution in [3.05, 3.63) is 24.3 Å². The van der Waals surface area contributed by atoms with Gasteiger partial charge >= 0.3 is 0 Å². The molecule has 0 radical (unpaired) electrons. The second kappa shape index (κ2) is 12.5. The van der Waals surface area contributed by atoms with Crippen LogP contribution in [0.1, 0.15) is 78.1 Å². The molecule has 0 unspecified atom stereocenters. The molecule has 0 N–H and O–H groups in total. The highest BCUT2D eigenvalue weighted by atomic mass is 14.0. The van der Waals surface area contributed by atoms with Crippen molar-refractivity contribution in [1.82, 2.24) is 0 Å². The Labute approximate surface area is 103 Å². The van der Waals surface area contributed by atoms with E-state index >= 15 is 0 Å². The highest BCUT2D eigenvalue weighted by Gasteiger charge is 1.94. The molecular formula is C16H30. The van der Waals surface area contributed by atoms with E-state index in [4.69, 9.17) is 0 Å². The van der Waals surface area contributed by atoms with Gasteiger partial charge in [-0.2, -0.15) is 0 Å². The molecule has 0 aliphatic rings. The Morgan fingerprint density at radius 2 is 1.69 bits per heavy atom. The fourth-order valence-corrected chi connectivity index (χ4v) is 1.94. The zero-order chi connectivity index (χ0) is 12.1. The monoisotopic (exact) mass is 222 g/mol. The van der Waals surface area contributed by atoms with Crippen molar-refractivity contribution in [2.75, 3.05) is 0 Å². The summed E-state index contributed by atoms with van der Waals surface area (Å²) in [7, 11) is 0. The van der Waals surface area contributed by atoms with Crippen LogP contribution in [0, 0.1) is 0 Å². The molecule has 16 heavy (non-hydrogen) atoms. The molecule has 0 saturated heterocycles. The minimum absolute atomic E-state index is 1.17. The third-order valence-corrected chi connectivity index (χ3v) is 3.10. The van der Waals surface area contributed by atoms with Crippen molar-refractivity contribution < 1.29 is 0 Å². The van der Waals surface area contributed by atoms with Crippen molar-refractivity contribution >= 4 is 0 Å². The van der Waals surface area contributed by atoms with E-state index < -0.39 is 0 Å². The molecule has 0 aromatic carbocycles. The van der Waals surface area contributed by atoms with E-state index in [0.717, 1.165) is 0 Å². The second-order valence-corrected chi connectivity index (χ2v) is 4.60. The highest BCUT2D eigenvalue weighted by molar-refractivity contribution is 5.00. The first kappa shape index (κ1) is 15.5. The SMILES string of the molecule is C=CCCCCC(=CCCCCCC)CC. The summed E-state index contributed by atoms with van der Waals surface area (Å²) >= 11 is 0. The Bertz CT molecular complexity index is 176. The summed E-state index contributed by atoms with van der Waals surface area (Å²) in [4.78, 5) is 0. The third-order valence-electron chi connectivity index (χ3n) is 3.10. The predicted molar refractivity (Wildman–Crippen MR) is 75.8 cm³/mol. The van der Waals surface area contributed by atoms with Gasteiger partial charge in [0.2, 0.25) is 0 Å². The van der Waals surface area contributed by atoms with Gasteiger partial charge in [-0.25, -0.2) is 0 Å². The normalized spacial score (nSPS) is 11.8. The minimum atomic E-state index is 1.17. The summed E-state index contributed by atoms with van der Waals surface area (Å²) in [6.07, 6.45) is 17.7. The fraction of sp³-hybridized carbons (Fsp3) is 0.750. The first-order valence-corrected chi connectivity index (χ1v) is 7.13. The average molecular weight is 222 g/mol. The maximum Gasteiger partial charge on any atom is -0.0320 e. The van der Waals surface area contributed by atoms with Gasteiger partial charge in [-0.3, -0.25) is 0 Å². The summed E-state index contributed by atoms with van der Waals surface area (Å²) < 4.78 is 0. The molecule has 94 valence electrons. The molecular weight excluding hydrogens is 192 g/mol. The van der Waals surface area contributed by atoms with E-state index in [-0.39, 0.29) is 0 Å². The van der Waals surface area contributed by atoms with E-state index in [1.165, 1.54) is 64.2 Å². The quantitative estimate of drug-likeness (QED) is 0.295. The van der Waals surface area contributed by atoms with Crippen molar-refractivity contribution in [3.63, 3.8) is 0 Å². The number of unbranched alkanes of at least 4 members (excludes halogenated alkanes) is 6. The maximum absolute atomic E-state index is 3.76. The Balaban J connectivity index is 3.54. The largest absolute Gasteiger partial charge is 0.103 e. The number of rotatable bonds is 11. The molecule has 0 heterocycles. The molecule has 0 bridgehead atoms. The van der Waals surface area contributed by atoms with E-state index in [1.807, 2.05) is 6.08 Å². The lowest BCUT2D eigenvalue weighted by molar-refractivity contribution is 0.667. The van der Waals surface area contributed by atoms with Crippen LogP contribution in [0.25, 0.3) is 0 Å². The van der Waals surface area contributed by atoms with Gasteiger partial charge in [0.1, 0.15) is 0 Å². The Morgan fingerprint density at radius 3 is 2.31 bits per heavy atom. The fourth-order valence-electron chi connectivity index (χ4n) is 1.94. The number of allylic oxidation sites excluding steroid dienone is 3. The van der Waals surface area contributed by atoms with Crippen LogP contribution in [0.4, 0.5) is 0 Å². The van der Waals surface area contributed by atoms with Gasteiger partial charge in [-0.05, 0) is 44.9 Å². The van der Waals surface area contributed by atoms with E-state index in [9.17, 15) is 0 Å². The summed E-state index contributed by atoms with van der Waals surface area (Å²) in [5.74, 6) is 0. The summed E-state index contributed by atoms with van der Waals surface area (Å²) in [6, 6.07) is 0. The van der Waals surface area contributed by atoms with E-state index in [1.54, 1.807) is 5.57 Å². The summed E-state index contributed by atoms with van der Waals surface area (Å²) in [6.45, 7) is 8.31. The van der Waals surface area contributed by atoms with Crippen molar-refractivity contribution in [1.29, 1.82) is 0 Å². The van der Waals surface area contributed by atoms with Crippen LogP contribution in [0.5, 0.6) is 0 Å². The smallest absolute Gasteiger partial charge is 0.0320 e. The number of hydrogen-bond acceptors (Lipinski definition) is 0. The van der Waals surface area contributed by atoms with E-state index in [2.05, 4.69) is 26.5 Å². The van der Waals surface area contributed by atoms with Gasteiger partial charge in [0.15, 0.2) is 0 Å². The topological polar surface area (TPSA) is 0 Å². The Morgan fingerprint density at radius 1 is 0.938 bits per heavy atom. The highest BCUT2D eigenvalue weighted by Crippen LogP contribution is 2.14. The lowest BCUT2D eigenvalue weighted by Crippen LogP contribution is -1.84. The first-order valence-electron chi connectivity index (χ1n) is 7.13. The third kappa shape index (κ3) is 10.0. The molecule has 0 aromatic rings. The lowest BCUT2D eigenvalue weighted by Gasteiger charge is -2.04. The van der Waals surface area contributed by atoms with Crippen LogP contribution in [0.15, 0.2) is 24.3 Å². The van der Waals surface area contributed by atoms with Gasteiger partial charge in [-0.1, -0.05) is 50.8 Å². The lowest BCUT2D eigenvalue weighted by atomic mass is 10.0. The molecule has 0 atom stereocenters. The molecule has 0 fully saturated rings. The average Bonchev–Trinajstić information content (AvgIpc) is 2.31. The molecule has 0 aliphatic heterocycles. The van der Waals surface area contributed by atoms with Crippen molar-refractivity contribution in [2.45, 2.75) is 78.1 Å².